The van der Waals surface area contributed by atoms with Gasteiger partial charge in [0.25, 0.3) is 0 Å². The lowest BCUT2D eigenvalue weighted by molar-refractivity contribution is 0.212. The quantitative estimate of drug-likeness (QED) is 0.908. The van der Waals surface area contributed by atoms with E-state index in [2.05, 4.69) is 15.9 Å². The molecule has 0 amide bonds. The number of aliphatic hydroxyl groups is 1. The van der Waals surface area contributed by atoms with E-state index in [1.807, 2.05) is 0 Å². The molecule has 0 aliphatic heterocycles. The third-order valence-corrected chi connectivity index (χ3v) is 3.82. The van der Waals surface area contributed by atoms with Gasteiger partial charge in [-0.3, -0.25) is 0 Å². The molecule has 1 atom stereocenters. The van der Waals surface area contributed by atoms with Crippen molar-refractivity contribution in [3.63, 3.8) is 0 Å². The van der Waals surface area contributed by atoms with E-state index in [1.165, 1.54) is 26.2 Å². The summed E-state index contributed by atoms with van der Waals surface area (Å²) in [7, 11) is 1.49. The van der Waals surface area contributed by atoms with Crippen molar-refractivity contribution in [3.8, 4) is 5.75 Å². The first-order valence-corrected chi connectivity index (χ1v) is 6.71. The zero-order valence-corrected chi connectivity index (χ0v) is 12.5. The fourth-order valence-electron chi connectivity index (χ4n) is 1.90. The summed E-state index contributed by atoms with van der Waals surface area (Å²) in [5.41, 5.74) is 0.497. The first kappa shape index (κ1) is 14.9. The maximum atomic E-state index is 13.9. The Bertz CT molecular complexity index is 644. The van der Waals surface area contributed by atoms with Gasteiger partial charge in [-0.25, -0.2) is 8.78 Å². The van der Waals surface area contributed by atoms with Crippen molar-refractivity contribution in [3.05, 3.63) is 63.1 Å². The molecule has 0 saturated heterocycles. The predicted octanol–water partition coefficient (Wildman–Crippen LogP) is 4.13. The third kappa shape index (κ3) is 2.69. The molecule has 2 aromatic carbocycles. The number of ether oxygens (including phenoxy) is 1. The molecule has 0 aliphatic rings. The number of hydrogen-bond acceptors (Lipinski definition) is 2. The van der Waals surface area contributed by atoms with E-state index in [1.54, 1.807) is 18.2 Å². The second-order valence-corrected chi connectivity index (χ2v) is 5.24. The van der Waals surface area contributed by atoms with Gasteiger partial charge in [-0.15, -0.1) is 0 Å². The summed E-state index contributed by atoms with van der Waals surface area (Å²) in [4.78, 5) is 0. The van der Waals surface area contributed by atoms with E-state index >= 15 is 0 Å². The molecule has 0 aliphatic carbocycles. The minimum Gasteiger partial charge on any atom is -0.497 e. The zero-order valence-electron chi connectivity index (χ0n) is 11.0. The molecular weight excluding hydrogens is 330 g/mol. The number of hydrogen-bond donors (Lipinski definition) is 1. The van der Waals surface area contributed by atoms with E-state index in [0.29, 0.717) is 15.8 Å². The Morgan fingerprint density at radius 2 is 1.80 bits per heavy atom. The van der Waals surface area contributed by atoms with Crippen molar-refractivity contribution in [1.29, 1.82) is 0 Å². The minimum atomic E-state index is -1.28. The van der Waals surface area contributed by atoms with Gasteiger partial charge in [0, 0.05) is 15.6 Å². The average Bonchev–Trinajstić information content (AvgIpc) is 2.45. The van der Waals surface area contributed by atoms with Gasteiger partial charge in [-0.2, -0.15) is 0 Å². The molecule has 5 heteroatoms. The van der Waals surface area contributed by atoms with Gasteiger partial charge >= 0.3 is 0 Å². The number of benzene rings is 2. The molecule has 0 radical (unpaired) electrons. The third-order valence-electron chi connectivity index (χ3n) is 3.10. The average molecular weight is 343 g/mol. The van der Waals surface area contributed by atoms with Crippen LogP contribution in [-0.2, 0) is 0 Å². The standard InChI is InChI=1S/C15H13BrF2O2/c1-8-3-5-10(14(18)13(8)17)15(19)11-7-9(20-2)4-6-12(11)16/h3-7,15,19H,1-2H3. The van der Waals surface area contributed by atoms with Crippen molar-refractivity contribution in [2.24, 2.45) is 0 Å². The van der Waals surface area contributed by atoms with E-state index < -0.39 is 17.7 Å². The number of aryl methyl sites for hydroxylation is 1. The van der Waals surface area contributed by atoms with Crippen LogP contribution in [0.5, 0.6) is 5.75 Å². The van der Waals surface area contributed by atoms with Crippen molar-refractivity contribution in [2.75, 3.05) is 7.11 Å². The van der Waals surface area contributed by atoms with Gasteiger partial charge in [0.15, 0.2) is 11.6 Å². The highest BCUT2D eigenvalue weighted by Gasteiger charge is 2.21. The molecule has 0 spiro atoms. The molecule has 2 aromatic rings. The van der Waals surface area contributed by atoms with Crippen LogP contribution in [0.3, 0.4) is 0 Å². The largest absolute Gasteiger partial charge is 0.497 e. The maximum Gasteiger partial charge on any atom is 0.165 e. The van der Waals surface area contributed by atoms with E-state index in [-0.39, 0.29) is 11.1 Å². The van der Waals surface area contributed by atoms with Gasteiger partial charge in [-0.1, -0.05) is 28.1 Å². The maximum absolute atomic E-state index is 13.9. The SMILES string of the molecule is COc1ccc(Br)c(C(O)c2ccc(C)c(F)c2F)c1. The van der Waals surface area contributed by atoms with Crippen LogP contribution < -0.4 is 4.74 Å². The first-order chi connectivity index (χ1) is 9.45. The van der Waals surface area contributed by atoms with Gasteiger partial charge in [0.2, 0.25) is 0 Å². The Morgan fingerprint density at radius 3 is 2.45 bits per heavy atom. The van der Waals surface area contributed by atoms with Crippen LogP contribution in [0.4, 0.5) is 8.78 Å². The number of rotatable bonds is 3. The fraction of sp³-hybridized carbons (Fsp3) is 0.200. The summed E-state index contributed by atoms with van der Waals surface area (Å²) in [6.07, 6.45) is -1.28. The Labute approximate surface area is 124 Å². The molecule has 0 fully saturated rings. The van der Waals surface area contributed by atoms with Crippen LogP contribution in [0.2, 0.25) is 0 Å². The van der Waals surface area contributed by atoms with Crippen molar-refractivity contribution in [2.45, 2.75) is 13.0 Å². The molecule has 20 heavy (non-hydrogen) atoms. The first-order valence-electron chi connectivity index (χ1n) is 5.91. The topological polar surface area (TPSA) is 29.5 Å². The molecular formula is C15H13BrF2O2. The van der Waals surface area contributed by atoms with Gasteiger partial charge in [0.05, 0.1) is 7.11 Å². The molecule has 0 aromatic heterocycles. The van der Waals surface area contributed by atoms with Crippen molar-refractivity contribution < 1.29 is 18.6 Å². The number of aliphatic hydroxyl groups excluding tert-OH is 1. The van der Waals surface area contributed by atoms with E-state index in [9.17, 15) is 13.9 Å². The fourth-order valence-corrected chi connectivity index (χ4v) is 2.36. The van der Waals surface area contributed by atoms with Crippen molar-refractivity contribution >= 4 is 15.9 Å². The predicted molar refractivity (Wildman–Crippen MR) is 75.9 cm³/mol. The summed E-state index contributed by atoms with van der Waals surface area (Å²) in [5.74, 6) is -1.46. The van der Waals surface area contributed by atoms with E-state index in [4.69, 9.17) is 4.74 Å². The van der Waals surface area contributed by atoms with Crippen LogP contribution in [0, 0.1) is 18.6 Å². The lowest BCUT2D eigenvalue weighted by Gasteiger charge is -2.16. The summed E-state index contributed by atoms with van der Waals surface area (Å²) in [6.45, 7) is 1.47. The summed E-state index contributed by atoms with van der Waals surface area (Å²) < 4.78 is 33.2. The molecule has 0 saturated carbocycles. The molecule has 1 N–H and O–H groups in total. The highest BCUT2D eigenvalue weighted by Crippen LogP contribution is 2.33. The monoisotopic (exact) mass is 342 g/mol. The highest BCUT2D eigenvalue weighted by atomic mass is 79.9. The van der Waals surface area contributed by atoms with Crippen molar-refractivity contribution in [1.82, 2.24) is 0 Å². The minimum absolute atomic E-state index is 0.109. The van der Waals surface area contributed by atoms with Crippen LogP contribution >= 0.6 is 15.9 Å². The second-order valence-electron chi connectivity index (χ2n) is 4.39. The van der Waals surface area contributed by atoms with Crippen LogP contribution in [0.25, 0.3) is 0 Å². The molecule has 0 bridgehead atoms. The molecule has 2 nitrogen and oxygen atoms in total. The second kappa shape index (κ2) is 5.89. The molecule has 2 rings (SSSR count). The molecule has 106 valence electrons. The lowest BCUT2D eigenvalue weighted by atomic mass is 9.99. The Morgan fingerprint density at radius 1 is 1.10 bits per heavy atom. The Hall–Kier alpha value is -1.46. The van der Waals surface area contributed by atoms with Gasteiger partial charge in [-0.05, 0) is 30.7 Å². The van der Waals surface area contributed by atoms with Crippen LogP contribution in [0.1, 0.15) is 22.8 Å². The smallest absolute Gasteiger partial charge is 0.165 e. The Kier molecular flexibility index (Phi) is 4.40. The summed E-state index contributed by atoms with van der Waals surface area (Å²) in [6, 6.07) is 7.77. The van der Waals surface area contributed by atoms with Gasteiger partial charge in [0.1, 0.15) is 11.9 Å². The molecule has 0 heterocycles. The highest BCUT2D eigenvalue weighted by molar-refractivity contribution is 9.10. The normalized spacial score (nSPS) is 12.3. The van der Waals surface area contributed by atoms with Gasteiger partial charge < -0.3 is 9.84 Å². The summed E-state index contributed by atoms with van der Waals surface area (Å²) in [5, 5.41) is 10.3. The zero-order chi connectivity index (χ0) is 14.9. The van der Waals surface area contributed by atoms with E-state index in [0.717, 1.165) is 0 Å². The number of methoxy groups -OCH3 is 1. The lowest BCUT2D eigenvalue weighted by Crippen LogP contribution is -2.06. The van der Waals surface area contributed by atoms with Crippen LogP contribution in [-0.4, -0.2) is 12.2 Å². The Balaban J connectivity index is 2.51. The van der Waals surface area contributed by atoms with Crippen LogP contribution in [0.15, 0.2) is 34.8 Å². The summed E-state index contributed by atoms with van der Waals surface area (Å²) >= 11 is 3.28. The molecule has 1 unspecified atom stereocenters. The number of halogens is 3.